The standard InChI is InChI=1S/C18H22ClN5OS/c1-23-9-6-21-17(23)26-15-14(19)10-13(11-22-15)16(25)24-7-3-18(4-8-24)2-5-20-12-18/h6,9-11,20H,2-5,7-8,12H2,1H3. The molecular formula is C18H22ClN5OS. The number of imidazole rings is 1. The van der Waals surface area contributed by atoms with Crippen molar-refractivity contribution in [2.45, 2.75) is 29.4 Å². The number of rotatable bonds is 3. The third-order valence-electron chi connectivity index (χ3n) is 5.46. The van der Waals surface area contributed by atoms with Crippen molar-refractivity contribution in [3.8, 4) is 0 Å². The first-order valence-corrected chi connectivity index (χ1v) is 10.1. The molecule has 8 heteroatoms. The van der Waals surface area contributed by atoms with Crippen LogP contribution in [0.5, 0.6) is 0 Å². The maximum absolute atomic E-state index is 12.8. The minimum atomic E-state index is 0.0220. The maximum Gasteiger partial charge on any atom is 0.255 e. The molecule has 6 nitrogen and oxygen atoms in total. The Morgan fingerprint density at radius 2 is 2.12 bits per heavy atom. The zero-order valence-corrected chi connectivity index (χ0v) is 16.3. The number of carbonyl (C=O) groups is 1. The van der Waals surface area contributed by atoms with Crippen LogP contribution in [0.3, 0.4) is 0 Å². The van der Waals surface area contributed by atoms with Crippen molar-refractivity contribution in [2.75, 3.05) is 26.2 Å². The van der Waals surface area contributed by atoms with E-state index in [9.17, 15) is 4.79 Å². The van der Waals surface area contributed by atoms with E-state index in [-0.39, 0.29) is 5.91 Å². The fourth-order valence-electron chi connectivity index (χ4n) is 3.74. The largest absolute Gasteiger partial charge is 0.339 e. The van der Waals surface area contributed by atoms with Crippen LogP contribution in [-0.2, 0) is 7.05 Å². The van der Waals surface area contributed by atoms with Crippen molar-refractivity contribution < 1.29 is 4.79 Å². The summed E-state index contributed by atoms with van der Waals surface area (Å²) in [6.45, 7) is 3.80. The first-order chi connectivity index (χ1) is 12.6. The van der Waals surface area contributed by atoms with Crippen LogP contribution >= 0.6 is 23.4 Å². The number of hydrogen-bond acceptors (Lipinski definition) is 5. The van der Waals surface area contributed by atoms with Gasteiger partial charge in [0.25, 0.3) is 5.91 Å². The molecule has 0 aliphatic carbocycles. The van der Waals surface area contributed by atoms with Gasteiger partial charge in [0.05, 0.1) is 10.6 Å². The van der Waals surface area contributed by atoms with Gasteiger partial charge in [0.1, 0.15) is 5.03 Å². The van der Waals surface area contributed by atoms with Gasteiger partial charge in [-0.25, -0.2) is 9.97 Å². The fraction of sp³-hybridized carbons (Fsp3) is 0.500. The Labute approximate surface area is 162 Å². The SMILES string of the molecule is Cn1ccnc1Sc1ncc(C(=O)N2CCC3(CCNC3)CC2)cc1Cl. The molecule has 2 saturated heterocycles. The van der Waals surface area contributed by atoms with E-state index in [1.165, 1.54) is 18.2 Å². The Morgan fingerprint density at radius 3 is 2.73 bits per heavy atom. The Hall–Kier alpha value is -1.57. The Kier molecular flexibility index (Phi) is 4.94. The minimum absolute atomic E-state index is 0.0220. The van der Waals surface area contributed by atoms with Crippen LogP contribution in [0.25, 0.3) is 0 Å². The first kappa shape index (κ1) is 17.8. The second-order valence-electron chi connectivity index (χ2n) is 7.15. The monoisotopic (exact) mass is 391 g/mol. The normalized spacial score (nSPS) is 19.2. The molecule has 2 fully saturated rings. The summed E-state index contributed by atoms with van der Waals surface area (Å²) in [7, 11) is 1.92. The van der Waals surface area contributed by atoms with Crippen LogP contribution in [0.15, 0.2) is 34.8 Å². The third kappa shape index (κ3) is 3.48. The number of nitrogens with one attached hydrogen (secondary N) is 1. The van der Waals surface area contributed by atoms with Gasteiger partial charge < -0.3 is 14.8 Å². The highest BCUT2D eigenvalue weighted by molar-refractivity contribution is 7.99. The van der Waals surface area contributed by atoms with Gasteiger partial charge in [-0.1, -0.05) is 11.6 Å². The van der Waals surface area contributed by atoms with Crippen molar-refractivity contribution >= 4 is 29.3 Å². The topological polar surface area (TPSA) is 63.1 Å². The molecule has 0 aromatic carbocycles. The van der Waals surface area contributed by atoms with Gasteiger partial charge in [0.2, 0.25) is 0 Å². The number of likely N-dealkylation sites (tertiary alicyclic amines) is 1. The second-order valence-corrected chi connectivity index (χ2v) is 8.52. The molecule has 4 rings (SSSR count). The molecule has 2 aromatic heterocycles. The van der Waals surface area contributed by atoms with Crippen LogP contribution in [-0.4, -0.2) is 51.5 Å². The van der Waals surface area contributed by atoms with E-state index in [1.54, 1.807) is 18.5 Å². The van der Waals surface area contributed by atoms with Crippen molar-refractivity contribution in [1.82, 2.24) is 24.8 Å². The summed E-state index contributed by atoms with van der Waals surface area (Å²) >= 11 is 7.77. The zero-order valence-electron chi connectivity index (χ0n) is 14.7. The predicted molar refractivity (Wildman–Crippen MR) is 102 cm³/mol. The lowest BCUT2D eigenvalue weighted by Crippen LogP contribution is -2.44. The molecule has 1 spiro atoms. The zero-order chi connectivity index (χ0) is 18.1. The third-order valence-corrected chi connectivity index (χ3v) is 6.96. The van der Waals surface area contributed by atoms with E-state index in [0.29, 0.717) is 21.0 Å². The average Bonchev–Trinajstić information content (AvgIpc) is 3.26. The molecule has 2 aliphatic heterocycles. The average molecular weight is 392 g/mol. The van der Waals surface area contributed by atoms with E-state index in [2.05, 4.69) is 15.3 Å². The number of nitrogens with zero attached hydrogens (tertiary/aromatic N) is 4. The molecule has 0 radical (unpaired) electrons. The molecule has 1 N–H and O–H groups in total. The molecule has 2 aromatic rings. The number of piperidine rings is 1. The van der Waals surface area contributed by atoms with Crippen molar-refractivity contribution in [3.05, 3.63) is 35.2 Å². The lowest BCUT2D eigenvalue weighted by atomic mass is 9.78. The molecule has 0 bridgehead atoms. The summed E-state index contributed by atoms with van der Waals surface area (Å²) in [4.78, 5) is 23.4. The Morgan fingerprint density at radius 1 is 1.31 bits per heavy atom. The summed E-state index contributed by atoms with van der Waals surface area (Å²) < 4.78 is 1.91. The molecule has 2 aliphatic rings. The van der Waals surface area contributed by atoms with Crippen LogP contribution in [0.1, 0.15) is 29.6 Å². The maximum atomic E-state index is 12.8. The molecule has 138 valence electrons. The number of amides is 1. The quantitative estimate of drug-likeness (QED) is 0.871. The van der Waals surface area contributed by atoms with E-state index < -0.39 is 0 Å². The first-order valence-electron chi connectivity index (χ1n) is 8.87. The lowest BCUT2D eigenvalue weighted by molar-refractivity contribution is 0.0607. The smallest absolute Gasteiger partial charge is 0.255 e. The highest BCUT2D eigenvalue weighted by Gasteiger charge is 2.38. The number of halogens is 1. The Balaban J connectivity index is 1.44. The molecule has 0 saturated carbocycles. The van der Waals surface area contributed by atoms with Crippen LogP contribution < -0.4 is 5.32 Å². The summed E-state index contributed by atoms with van der Waals surface area (Å²) in [5.74, 6) is 0.0220. The minimum Gasteiger partial charge on any atom is -0.339 e. The van der Waals surface area contributed by atoms with E-state index >= 15 is 0 Å². The fourth-order valence-corrected chi connectivity index (χ4v) is 4.78. The predicted octanol–water partition coefficient (Wildman–Crippen LogP) is 2.84. The van der Waals surface area contributed by atoms with Crippen molar-refractivity contribution in [3.63, 3.8) is 0 Å². The van der Waals surface area contributed by atoms with E-state index in [4.69, 9.17) is 11.6 Å². The molecule has 0 atom stereocenters. The van der Waals surface area contributed by atoms with Crippen LogP contribution in [0.4, 0.5) is 0 Å². The summed E-state index contributed by atoms with van der Waals surface area (Å²) in [6, 6.07) is 1.73. The summed E-state index contributed by atoms with van der Waals surface area (Å²) in [5.41, 5.74) is 0.953. The molecule has 0 unspecified atom stereocenters. The van der Waals surface area contributed by atoms with Gasteiger partial charge in [-0.15, -0.1) is 0 Å². The highest BCUT2D eigenvalue weighted by Crippen LogP contribution is 2.37. The molecule has 4 heterocycles. The van der Waals surface area contributed by atoms with Gasteiger partial charge >= 0.3 is 0 Å². The number of hydrogen-bond donors (Lipinski definition) is 1. The number of aryl methyl sites for hydroxylation is 1. The summed E-state index contributed by atoms with van der Waals surface area (Å²) in [6.07, 6.45) is 8.59. The Bertz CT molecular complexity index is 808. The lowest BCUT2D eigenvalue weighted by Gasteiger charge is -2.38. The van der Waals surface area contributed by atoms with Gasteiger partial charge in [0, 0.05) is 45.3 Å². The molecule has 1 amide bonds. The second kappa shape index (κ2) is 7.21. The van der Waals surface area contributed by atoms with Crippen LogP contribution in [0, 0.1) is 5.41 Å². The van der Waals surface area contributed by atoms with Gasteiger partial charge in [0.15, 0.2) is 5.16 Å². The van der Waals surface area contributed by atoms with Gasteiger partial charge in [-0.05, 0) is 49.1 Å². The summed E-state index contributed by atoms with van der Waals surface area (Å²) in [5, 5.41) is 5.41. The molecule has 26 heavy (non-hydrogen) atoms. The van der Waals surface area contributed by atoms with Gasteiger partial charge in [-0.2, -0.15) is 0 Å². The molecular weight excluding hydrogens is 370 g/mol. The highest BCUT2D eigenvalue weighted by atomic mass is 35.5. The van der Waals surface area contributed by atoms with Crippen molar-refractivity contribution in [2.24, 2.45) is 12.5 Å². The van der Waals surface area contributed by atoms with E-state index in [1.807, 2.05) is 22.7 Å². The van der Waals surface area contributed by atoms with E-state index in [0.717, 1.165) is 44.2 Å². The number of pyridine rings is 1. The number of carbonyl (C=O) groups excluding carboxylic acids is 1. The van der Waals surface area contributed by atoms with Crippen LogP contribution in [0.2, 0.25) is 5.02 Å². The van der Waals surface area contributed by atoms with Crippen molar-refractivity contribution in [1.29, 1.82) is 0 Å². The number of aromatic nitrogens is 3. The van der Waals surface area contributed by atoms with Gasteiger partial charge in [-0.3, -0.25) is 4.79 Å².